The molecule has 0 saturated carbocycles. The Labute approximate surface area is 126 Å². The van der Waals surface area contributed by atoms with Crippen molar-refractivity contribution in [2.24, 2.45) is 11.3 Å². The van der Waals surface area contributed by atoms with E-state index in [1.54, 1.807) is 12.1 Å². The van der Waals surface area contributed by atoms with Crippen molar-refractivity contribution in [3.63, 3.8) is 0 Å². The highest BCUT2D eigenvalue weighted by Crippen LogP contribution is 2.56. The van der Waals surface area contributed by atoms with Crippen LogP contribution in [0, 0.1) is 11.3 Å². The minimum atomic E-state index is -0.490. The molecule has 1 aromatic rings. The molecule has 3 heteroatoms. The molecule has 4 atom stereocenters. The minimum Gasteiger partial charge on any atom is -0.508 e. The maximum Gasteiger partial charge on any atom is 0.172 e. The van der Waals surface area contributed by atoms with Gasteiger partial charge < -0.3 is 14.6 Å². The van der Waals surface area contributed by atoms with Gasteiger partial charge in [0.05, 0.1) is 0 Å². The van der Waals surface area contributed by atoms with E-state index in [2.05, 4.69) is 27.4 Å². The van der Waals surface area contributed by atoms with E-state index in [1.807, 2.05) is 18.2 Å². The van der Waals surface area contributed by atoms with Gasteiger partial charge in [0.1, 0.15) is 18.0 Å². The van der Waals surface area contributed by atoms with Crippen molar-refractivity contribution in [3.8, 4) is 5.75 Å². The topological polar surface area (TPSA) is 38.7 Å². The van der Waals surface area contributed by atoms with Gasteiger partial charge in [0.15, 0.2) is 5.79 Å². The summed E-state index contributed by atoms with van der Waals surface area (Å²) in [6.45, 7) is 10.5. The Kier molecular flexibility index (Phi) is 3.38. The average Bonchev–Trinajstić information content (AvgIpc) is 2.82. The molecule has 2 aliphatic heterocycles. The van der Waals surface area contributed by atoms with Crippen LogP contribution in [0.1, 0.15) is 45.3 Å². The Morgan fingerprint density at radius 2 is 1.90 bits per heavy atom. The van der Waals surface area contributed by atoms with E-state index in [1.165, 1.54) is 0 Å². The lowest BCUT2D eigenvalue weighted by Gasteiger charge is -2.42. The normalized spacial score (nSPS) is 38.7. The zero-order valence-electron chi connectivity index (χ0n) is 13.0. The number of aromatic hydroxyl groups is 1. The Bertz CT molecular complexity index is 536. The number of phenols is 1. The fourth-order valence-electron chi connectivity index (χ4n) is 3.45. The third kappa shape index (κ3) is 2.19. The van der Waals surface area contributed by atoms with Crippen LogP contribution in [-0.4, -0.2) is 17.0 Å². The standard InChI is InChI=1S/C18H24O3/c1-5-17(4)10-11-18(12(2)3)20-15(16(17)21-18)13-6-8-14(19)9-7-13/h5-9,12,15-16,19H,1,10-11H2,2-4H3/t15?,16-,17-,18?/m1/s1. The van der Waals surface area contributed by atoms with Gasteiger partial charge in [0, 0.05) is 17.8 Å². The van der Waals surface area contributed by atoms with Crippen molar-refractivity contribution in [2.45, 2.75) is 51.6 Å². The fourth-order valence-corrected chi connectivity index (χ4v) is 3.45. The highest BCUT2D eigenvalue weighted by Gasteiger charge is 2.59. The van der Waals surface area contributed by atoms with E-state index in [4.69, 9.17) is 9.47 Å². The van der Waals surface area contributed by atoms with Gasteiger partial charge in [0.25, 0.3) is 0 Å². The summed E-state index contributed by atoms with van der Waals surface area (Å²) in [5, 5.41) is 9.49. The first-order valence-corrected chi connectivity index (χ1v) is 7.68. The zero-order valence-corrected chi connectivity index (χ0v) is 13.0. The molecule has 2 aliphatic rings. The van der Waals surface area contributed by atoms with Crippen LogP contribution >= 0.6 is 0 Å². The van der Waals surface area contributed by atoms with Crippen LogP contribution in [0.3, 0.4) is 0 Å². The molecule has 3 nitrogen and oxygen atoms in total. The van der Waals surface area contributed by atoms with E-state index in [-0.39, 0.29) is 23.4 Å². The van der Waals surface area contributed by atoms with Crippen LogP contribution in [0.4, 0.5) is 0 Å². The second-order valence-electron chi connectivity index (χ2n) is 6.84. The molecule has 2 heterocycles. The van der Waals surface area contributed by atoms with E-state index in [0.29, 0.717) is 5.92 Å². The Hall–Kier alpha value is -1.32. The Morgan fingerprint density at radius 3 is 2.48 bits per heavy atom. The van der Waals surface area contributed by atoms with Gasteiger partial charge >= 0.3 is 0 Å². The van der Waals surface area contributed by atoms with E-state index >= 15 is 0 Å². The second kappa shape index (κ2) is 4.85. The second-order valence-corrected chi connectivity index (χ2v) is 6.84. The van der Waals surface area contributed by atoms with Crippen molar-refractivity contribution in [1.29, 1.82) is 0 Å². The molecule has 114 valence electrons. The molecule has 2 bridgehead atoms. The molecule has 2 saturated heterocycles. The summed E-state index contributed by atoms with van der Waals surface area (Å²) < 4.78 is 12.8. The number of benzene rings is 1. The molecule has 3 rings (SSSR count). The van der Waals surface area contributed by atoms with Crippen LogP contribution in [-0.2, 0) is 9.47 Å². The van der Waals surface area contributed by atoms with Gasteiger partial charge in [-0.2, -0.15) is 0 Å². The largest absolute Gasteiger partial charge is 0.508 e. The van der Waals surface area contributed by atoms with Crippen molar-refractivity contribution in [1.82, 2.24) is 0 Å². The summed E-state index contributed by atoms with van der Waals surface area (Å²) in [5.74, 6) is 0.0811. The van der Waals surface area contributed by atoms with Gasteiger partial charge in [0.2, 0.25) is 0 Å². The summed E-state index contributed by atoms with van der Waals surface area (Å²) in [6.07, 6.45) is 3.77. The van der Waals surface area contributed by atoms with E-state index in [0.717, 1.165) is 18.4 Å². The molecule has 0 aromatic heterocycles. The molecule has 2 fully saturated rings. The lowest BCUT2D eigenvalue weighted by Crippen LogP contribution is -2.46. The number of phenolic OH excluding ortho intramolecular Hbond substituents is 1. The number of ether oxygens (including phenoxy) is 2. The molecular formula is C18H24O3. The highest BCUT2D eigenvalue weighted by atomic mass is 16.8. The fraction of sp³-hybridized carbons (Fsp3) is 0.556. The monoisotopic (exact) mass is 288 g/mol. The van der Waals surface area contributed by atoms with Gasteiger partial charge in [-0.25, -0.2) is 0 Å². The molecule has 2 unspecified atom stereocenters. The molecule has 0 spiro atoms. The van der Waals surface area contributed by atoms with Gasteiger partial charge in [-0.1, -0.05) is 39.0 Å². The van der Waals surface area contributed by atoms with Crippen LogP contribution in [0.25, 0.3) is 0 Å². The number of hydrogen-bond donors (Lipinski definition) is 1. The van der Waals surface area contributed by atoms with Gasteiger partial charge in [-0.05, 0) is 24.1 Å². The van der Waals surface area contributed by atoms with Gasteiger partial charge in [-0.3, -0.25) is 0 Å². The van der Waals surface area contributed by atoms with Crippen LogP contribution in [0.2, 0.25) is 0 Å². The number of rotatable bonds is 3. The van der Waals surface area contributed by atoms with E-state index < -0.39 is 5.79 Å². The third-order valence-electron chi connectivity index (χ3n) is 5.16. The summed E-state index contributed by atoms with van der Waals surface area (Å²) in [6, 6.07) is 7.24. The van der Waals surface area contributed by atoms with Crippen LogP contribution in [0.5, 0.6) is 5.75 Å². The summed E-state index contributed by atoms with van der Waals surface area (Å²) in [5.41, 5.74) is 0.965. The summed E-state index contributed by atoms with van der Waals surface area (Å²) in [7, 11) is 0. The minimum absolute atomic E-state index is 0.0318. The van der Waals surface area contributed by atoms with Crippen molar-refractivity contribution in [2.75, 3.05) is 0 Å². The third-order valence-corrected chi connectivity index (χ3v) is 5.16. The molecular weight excluding hydrogens is 264 g/mol. The number of fused-ring (bicyclic) bond motifs is 2. The predicted molar refractivity (Wildman–Crippen MR) is 81.9 cm³/mol. The first kappa shape index (κ1) is 14.6. The predicted octanol–water partition coefficient (Wildman–Crippen LogP) is 4.19. The first-order valence-electron chi connectivity index (χ1n) is 7.68. The molecule has 0 radical (unpaired) electrons. The van der Waals surface area contributed by atoms with Crippen molar-refractivity contribution in [3.05, 3.63) is 42.5 Å². The summed E-state index contributed by atoms with van der Waals surface area (Å²) in [4.78, 5) is 0. The number of hydrogen-bond acceptors (Lipinski definition) is 3. The smallest absolute Gasteiger partial charge is 0.172 e. The lowest BCUT2D eigenvalue weighted by molar-refractivity contribution is -0.235. The highest BCUT2D eigenvalue weighted by molar-refractivity contribution is 5.30. The maximum atomic E-state index is 9.49. The molecule has 0 aliphatic carbocycles. The van der Waals surface area contributed by atoms with Gasteiger partial charge in [-0.15, -0.1) is 6.58 Å². The Morgan fingerprint density at radius 1 is 1.24 bits per heavy atom. The zero-order chi connectivity index (χ0) is 15.3. The van der Waals surface area contributed by atoms with Crippen LogP contribution in [0.15, 0.2) is 36.9 Å². The van der Waals surface area contributed by atoms with E-state index in [9.17, 15) is 5.11 Å². The van der Waals surface area contributed by atoms with Crippen LogP contribution < -0.4 is 0 Å². The molecule has 21 heavy (non-hydrogen) atoms. The Balaban J connectivity index is 2.00. The first-order chi connectivity index (χ1) is 9.90. The SMILES string of the molecule is C=C[C@]1(C)CCC2(C(C)C)OC(c3ccc(O)cc3)[C@H]1O2. The lowest BCUT2D eigenvalue weighted by atomic mass is 9.74. The quantitative estimate of drug-likeness (QED) is 0.848. The molecule has 0 amide bonds. The van der Waals surface area contributed by atoms with Crippen molar-refractivity contribution >= 4 is 0 Å². The summed E-state index contributed by atoms with van der Waals surface area (Å²) >= 11 is 0. The van der Waals surface area contributed by atoms with Crippen molar-refractivity contribution < 1.29 is 14.6 Å². The molecule has 1 aromatic carbocycles. The maximum absolute atomic E-state index is 9.49. The molecule has 1 N–H and O–H groups in total. The average molecular weight is 288 g/mol.